The predicted octanol–water partition coefficient (Wildman–Crippen LogP) is 2.89. The molecule has 112 valence electrons. The van der Waals surface area contributed by atoms with E-state index < -0.39 is 0 Å². The number of nitrogens with one attached hydrogen (secondary N) is 1. The number of hydrogen-bond donors (Lipinski definition) is 1. The first kappa shape index (κ1) is 14.1. The quantitative estimate of drug-likeness (QED) is 0.923. The molecule has 2 aliphatic rings. The van der Waals surface area contributed by atoms with Crippen LogP contribution in [0.4, 0.5) is 0 Å². The third kappa shape index (κ3) is 2.50. The van der Waals surface area contributed by atoms with Gasteiger partial charge in [-0.15, -0.1) is 0 Å². The van der Waals surface area contributed by atoms with E-state index in [2.05, 4.69) is 24.0 Å². The van der Waals surface area contributed by atoms with Gasteiger partial charge in [0.25, 0.3) is 0 Å². The molecule has 0 spiro atoms. The maximum absolute atomic E-state index is 5.02. The molecule has 1 aromatic rings. The van der Waals surface area contributed by atoms with Crippen molar-refractivity contribution in [1.29, 1.82) is 0 Å². The number of aromatic nitrogens is 3. The highest BCUT2D eigenvalue weighted by atomic mass is 15.3. The van der Waals surface area contributed by atoms with Gasteiger partial charge in [-0.25, -0.2) is 4.98 Å². The molecule has 2 fully saturated rings. The van der Waals surface area contributed by atoms with Crippen LogP contribution in [0.2, 0.25) is 0 Å². The Hall–Kier alpha value is -0.900. The summed E-state index contributed by atoms with van der Waals surface area (Å²) in [7, 11) is 2.09. The Bertz CT molecular complexity index is 439. The highest BCUT2D eigenvalue weighted by molar-refractivity contribution is 5.13. The van der Waals surface area contributed by atoms with E-state index in [-0.39, 0.29) is 5.41 Å². The van der Waals surface area contributed by atoms with Gasteiger partial charge in [0, 0.05) is 18.4 Å². The van der Waals surface area contributed by atoms with E-state index in [0.717, 1.165) is 18.9 Å². The van der Waals surface area contributed by atoms with Crippen molar-refractivity contribution in [2.45, 2.75) is 69.6 Å². The highest BCUT2D eigenvalue weighted by Gasteiger charge is 2.37. The van der Waals surface area contributed by atoms with Crippen LogP contribution in [-0.4, -0.2) is 27.9 Å². The third-order valence-corrected chi connectivity index (χ3v) is 5.46. The summed E-state index contributed by atoms with van der Waals surface area (Å²) >= 11 is 0. The summed E-state index contributed by atoms with van der Waals surface area (Å²) in [5, 5.41) is 8.26. The van der Waals surface area contributed by atoms with Crippen molar-refractivity contribution in [2.75, 3.05) is 13.1 Å². The molecule has 2 heterocycles. The molecular weight excluding hydrogens is 248 g/mol. The van der Waals surface area contributed by atoms with Crippen LogP contribution in [0.3, 0.4) is 0 Å². The van der Waals surface area contributed by atoms with Crippen molar-refractivity contribution in [3.8, 4) is 0 Å². The Morgan fingerprint density at radius 3 is 2.55 bits per heavy atom. The second-order valence-electron chi connectivity index (χ2n) is 6.64. The Kier molecular flexibility index (Phi) is 4.11. The lowest BCUT2D eigenvalue weighted by Gasteiger charge is -2.35. The van der Waals surface area contributed by atoms with Gasteiger partial charge < -0.3 is 5.32 Å². The Morgan fingerprint density at radius 1 is 1.20 bits per heavy atom. The largest absolute Gasteiger partial charge is 0.317 e. The molecule has 4 nitrogen and oxygen atoms in total. The van der Waals surface area contributed by atoms with Gasteiger partial charge in [-0.3, -0.25) is 4.68 Å². The van der Waals surface area contributed by atoms with E-state index in [9.17, 15) is 0 Å². The van der Waals surface area contributed by atoms with Gasteiger partial charge in [-0.2, -0.15) is 5.10 Å². The van der Waals surface area contributed by atoms with E-state index in [0.29, 0.717) is 5.92 Å². The van der Waals surface area contributed by atoms with E-state index in [4.69, 9.17) is 10.1 Å². The molecule has 0 radical (unpaired) electrons. The smallest absolute Gasteiger partial charge is 0.154 e. The minimum Gasteiger partial charge on any atom is -0.317 e. The number of aryl methyl sites for hydroxylation is 1. The van der Waals surface area contributed by atoms with E-state index >= 15 is 0 Å². The molecule has 20 heavy (non-hydrogen) atoms. The molecule has 1 saturated carbocycles. The van der Waals surface area contributed by atoms with Crippen molar-refractivity contribution in [3.05, 3.63) is 11.6 Å². The molecule has 4 heteroatoms. The Balaban J connectivity index is 1.87. The molecule has 3 rings (SSSR count). The van der Waals surface area contributed by atoms with Gasteiger partial charge >= 0.3 is 0 Å². The maximum atomic E-state index is 5.02. The highest BCUT2D eigenvalue weighted by Crippen LogP contribution is 2.37. The van der Waals surface area contributed by atoms with E-state index in [1.807, 2.05) is 0 Å². The molecule has 0 aromatic carbocycles. The molecule has 1 saturated heterocycles. The van der Waals surface area contributed by atoms with Crippen molar-refractivity contribution >= 4 is 0 Å². The van der Waals surface area contributed by atoms with Crippen LogP contribution in [0.5, 0.6) is 0 Å². The van der Waals surface area contributed by atoms with E-state index in [1.165, 1.54) is 57.2 Å². The number of nitrogens with zero attached hydrogens (tertiary/aromatic N) is 3. The monoisotopic (exact) mass is 276 g/mol. The SMILES string of the molecule is CCC1(c2nc(C3CCCCC3)nn2C)CCNCC1. The molecular formula is C16H28N4. The second kappa shape index (κ2) is 5.84. The summed E-state index contributed by atoms with van der Waals surface area (Å²) in [4.78, 5) is 5.02. The second-order valence-corrected chi connectivity index (χ2v) is 6.64. The van der Waals surface area contributed by atoms with Crippen molar-refractivity contribution in [3.63, 3.8) is 0 Å². The fraction of sp³-hybridized carbons (Fsp3) is 0.875. The molecule has 0 unspecified atom stereocenters. The average Bonchev–Trinajstić information content (AvgIpc) is 2.91. The summed E-state index contributed by atoms with van der Waals surface area (Å²) in [6, 6.07) is 0. The first-order valence-electron chi connectivity index (χ1n) is 8.37. The molecule has 0 bridgehead atoms. The number of rotatable bonds is 3. The van der Waals surface area contributed by atoms with Crippen molar-refractivity contribution < 1.29 is 0 Å². The Morgan fingerprint density at radius 2 is 1.90 bits per heavy atom. The minimum atomic E-state index is 0.250. The standard InChI is InChI=1S/C16H28N4/c1-3-16(9-11-17-12-10-16)15-18-14(19-20(15)2)13-7-5-4-6-8-13/h13,17H,3-12H2,1-2H3. The van der Waals surface area contributed by atoms with Gasteiger partial charge in [0.2, 0.25) is 0 Å². The molecule has 1 aliphatic carbocycles. The summed E-state index contributed by atoms with van der Waals surface area (Å²) < 4.78 is 2.08. The zero-order chi connectivity index (χ0) is 14.0. The third-order valence-electron chi connectivity index (χ3n) is 5.46. The van der Waals surface area contributed by atoms with Crippen LogP contribution in [0.1, 0.15) is 75.9 Å². The summed E-state index contributed by atoms with van der Waals surface area (Å²) in [6.07, 6.45) is 10.2. The molecule has 0 atom stereocenters. The lowest BCUT2D eigenvalue weighted by Crippen LogP contribution is -2.41. The van der Waals surface area contributed by atoms with Crippen LogP contribution in [-0.2, 0) is 12.5 Å². The number of hydrogen-bond acceptors (Lipinski definition) is 3. The van der Waals surface area contributed by atoms with Crippen LogP contribution in [0.15, 0.2) is 0 Å². The normalized spacial score (nSPS) is 23.9. The first-order valence-corrected chi connectivity index (χ1v) is 8.37. The summed E-state index contributed by atoms with van der Waals surface area (Å²) in [6.45, 7) is 4.53. The van der Waals surface area contributed by atoms with Crippen LogP contribution in [0.25, 0.3) is 0 Å². The summed E-state index contributed by atoms with van der Waals surface area (Å²) in [5.41, 5.74) is 0.250. The van der Waals surface area contributed by atoms with Crippen molar-refractivity contribution in [2.24, 2.45) is 7.05 Å². The van der Waals surface area contributed by atoms with Gasteiger partial charge in [-0.1, -0.05) is 26.2 Å². The van der Waals surface area contributed by atoms with Crippen LogP contribution >= 0.6 is 0 Å². The zero-order valence-electron chi connectivity index (χ0n) is 13.0. The van der Waals surface area contributed by atoms with Gasteiger partial charge in [0.05, 0.1) is 0 Å². The van der Waals surface area contributed by atoms with Crippen molar-refractivity contribution in [1.82, 2.24) is 20.1 Å². The summed E-state index contributed by atoms with van der Waals surface area (Å²) in [5.74, 6) is 2.97. The van der Waals surface area contributed by atoms with Crippen LogP contribution < -0.4 is 5.32 Å². The molecule has 1 aromatic heterocycles. The van der Waals surface area contributed by atoms with Gasteiger partial charge in [-0.05, 0) is 45.2 Å². The average molecular weight is 276 g/mol. The lowest BCUT2D eigenvalue weighted by molar-refractivity contribution is 0.273. The maximum Gasteiger partial charge on any atom is 0.154 e. The zero-order valence-corrected chi connectivity index (χ0v) is 13.0. The van der Waals surface area contributed by atoms with Gasteiger partial charge in [0.1, 0.15) is 5.82 Å². The van der Waals surface area contributed by atoms with Crippen LogP contribution in [0, 0.1) is 0 Å². The minimum absolute atomic E-state index is 0.250. The first-order chi connectivity index (χ1) is 9.75. The van der Waals surface area contributed by atoms with Gasteiger partial charge in [0.15, 0.2) is 5.82 Å². The fourth-order valence-corrected chi connectivity index (χ4v) is 4.04. The number of piperidine rings is 1. The predicted molar refractivity (Wildman–Crippen MR) is 80.9 cm³/mol. The Labute approximate surface area is 122 Å². The topological polar surface area (TPSA) is 42.7 Å². The van der Waals surface area contributed by atoms with E-state index in [1.54, 1.807) is 0 Å². The fourth-order valence-electron chi connectivity index (χ4n) is 4.04. The molecule has 1 N–H and O–H groups in total. The molecule has 1 aliphatic heterocycles. The molecule has 0 amide bonds. The lowest BCUT2D eigenvalue weighted by atomic mass is 9.76.